The van der Waals surface area contributed by atoms with Crippen molar-refractivity contribution in [3.8, 4) is 5.75 Å². The summed E-state index contributed by atoms with van der Waals surface area (Å²) in [4.78, 5) is 19.3. The minimum absolute atomic E-state index is 0.00850. The van der Waals surface area contributed by atoms with Gasteiger partial charge in [0.1, 0.15) is 11.6 Å². The Morgan fingerprint density at radius 1 is 1.27 bits per heavy atom. The highest BCUT2D eigenvalue weighted by molar-refractivity contribution is 7.91. The zero-order valence-electron chi connectivity index (χ0n) is 18.2. The molecule has 0 spiro atoms. The lowest BCUT2D eigenvalue weighted by atomic mass is 10.2. The molecule has 2 aromatic carbocycles. The van der Waals surface area contributed by atoms with Crippen molar-refractivity contribution in [2.24, 2.45) is 0 Å². The number of hydrogen-bond acceptors (Lipinski definition) is 7. The van der Waals surface area contributed by atoms with Gasteiger partial charge in [-0.15, -0.1) is 0 Å². The van der Waals surface area contributed by atoms with Crippen molar-refractivity contribution in [1.82, 2.24) is 4.98 Å². The highest BCUT2D eigenvalue weighted by atomic mass is 32.2. The van der Waals surface area contributed by atoms with Gasteiger partial charge >= 0.3 is 0 Å². The average molecular weight is 493 g/mol. The lowest BCUT2D eigenvalue weighted by molar-refractivity contribution is -0.118. The standard InChI is InChI=1S/C23H25FN2O5S2/c1-2-30-17-7-10-20-21(14-17)32-23(25-20)26(15-18-4-3-12-31-18)22(27)11-13-33(28,29)19-8-5-16(24)6-9-19/h5-10,14,18H,2-4,11-13,15H2,1H3. The van der Waals surface area contributed by atoms with Crippen molar-refractivity contribution < 1.29 is 27.1 Å². The molecule has 10 heteroatoms. The Labute approximate surface area is 196 Å². The number of anilines is 1. The van der Waals surface area contributed by atoms with Gasteiger partial charge in [-0.25, -0.2) is 17.8 Å². The second-order valence-electron chi connectivity index (χ2n) is 7.72. The molecule has 33 heavy (non-hydrogen) atoms. The monoisotopic (exact) mass is 492 g/mol. The van der Waals surface area contributed by atoms with Crippen LogP contribution in [0.5, 0.6) is 5.75 Å². The van der Waals surface area contributed by atoms with Crippen LogP contribution in [-0.4, -0.2) is 50.9 Å². The van der Waals surface area contributed by atoms with Crippen molar-refractivity contribution in [3.05, 3.63) is 48.3 Å². The third kappa shape index (κ3) is 5.69. The van der Waals surface area contributed by atoms with Crippen molar-refractivity contribution in [2.75, 3.05) is 30.4 Å². The average Bonchev–Trinajstić information content (AvgIpc) is 3.46. The molecule has 1 aliphatic heterocycles. The highest BCUT2D eigenvalue weighted by Gasteiger charge is 2.27. The fourth-order valence-corrected chi connectivity index (χ4v) is 5.91. The Balaban J connectivity index is 1.55. The first kappa shape index (κ1) is 23.6. The van der Waals surface area contributed by atoms with Crippen LogP contribution >= 0.6 is 11.3 Å². The van der Waals surface area contributed by atoms with Gasteiger partial charge in [0.2, 0.25) is 5.91 Å². The molecule has 7 nitrogen and oxygen atoms in total. The molecule has 1 unspecified atom stereocenters. The smallest absolute Gasteiger partial charge is 0.229 e. The predicted molar refractivity (Wildman–Crippen MR) is 125 cm³/mol. The van der Waals surface area contributed by atoms with Crippen molar-refractivity contribution >= 4 is 42.4 Å². The molecule has 0 aliphatic carbocycles. The lowest BCUT2D eigenvalue weighted by Gasteiger charge is -2.23. The normalized spacial score (nSPS) is 16.2. The quantitative estimate of drug-likeness (QED) is 0.416. The Morgan fingerprint density at radius 3 is 2.76 bits per heavy atom. The largest absolute Gasteiger partial charge is 0.494 e. The molecular weight excluding hydrogens is 467 g/mol. The molecule has 2 heterocycles. The molecule has 1 atom stereocenters. The first-order chi connectivity index (χ1) is 15.9. The number of nitrogens with zero attached hydrogens (tertiary/aromatic N) is 2. The fourth-order valence-electron chi connectivity index (χ4n) is 3.66. The second kappa shape index (κ2) is 10.1. The third-order valence-electron chi connectivity index (χ3n) is 5.36. The van der Waals surface area contributed by atoms with Gasteiger partial charge in [0.05, 0.1) is 40.1 Å². The summed E-state index contributed by atoms with van der Waals surface area (Å²) in [6, 6.07) is 10.2. The Morgan fingerprint density at radius 2 is 2.06 bits per heavy atom. The molecule has 1 aliphatic rings. The summed E-state index contributed by atoms with van der Waals surface area (Å²) in [5.74, 6) is -0.516. The van der Waals surface area contributed by atoms with Crippen LogP contribution in [0.3, 0.4) is 0 Å². The van der Waals surface area contributed by atoms with Crippen LogP contribution in [0, 0.1) is 5.82 Å². The summed E-state index contributed by atoms with van der Waals surface area (Å²) < 4.78 is 50.6. The number of benzene rings is 2. The third-order valence-corrected chi connectivity index (χ3v) is 8.13. The number of hydrogen-bond donors (Lipinski definition) is 0. The van der Waals surface area contributed by atoms with Crippen molar-refractivity contribution in [1.29, 1.82) is 0 Å². The molecule has 1 amide bonds. The maximum Gasteiger partial charge on any atom is 0.229 e. The van der Waals surface area contributed by atoms with Crippen LogP contribution in [0.15, 0.2) is 47.4 Å². The van der Waals surface area contributed by atoms with E-state index in [1.165, 1.54) is 28.4 Å². The summed E-state index contributed by atoms with van der Waals surface area (Å²) in [5, 5.41) is 0.498. The molecule has 0 bridgehead atoms. The minimum atomic E-state index is -3.73. The maximum atomic E-state index is 13.2. The Bertz CT molecular complexity index is 1220. The van der Waals surface area contributed by atoms with E-state index in [0.29, 0.717) is 24.9 Å². The van der Waals surface area contributed by atoms with Gasteiger partial charge in [0.25, 0.3) is 0 Å². The van der Waals surface area contributed by atoms with E-state index >= 15 is 0 Å². The summed E-state index contributed by atoms with van der Waals surface area (Å²) in [6.07, 6.45) is 1.42. The van der Waals surface area contributed by atoms with Gasteiger partial charge in [-0.3, -0.25) is 9.69 Å². The maximum absolute atomic E-state index is 13.2. The molecule has 0 N–H and O–H groups in total. The zero-order valence-corrected chi connectivity index (χ0v) is 19.8. The van der Waals surface area contributed by atoms with Gasteiger partial charge in [0, 0.05) is 13.0 Å². The summed E-state index contributed by atoms with van der Waals surface area (Å²) in [6.45, 7) is 3.41. The molecule has 1 fully saturated rings. The van der Waals surface area contributed by atoms with Gasteiger partial charge in [0.15, 0.2) is 15.0 Å². The van der Waals surface area contributed by atoms with E-state index < -0.39 is 15.7 Å². The molecule has 1 aromatic heterocycles. The summed E-state index contributed by atoms with van der Waals surface area (Å²) in [5.41, 5.74) is 0.738. The number of carbonyl (C=O) groups is 1. The Kier molecular flexibility index (Phi) is 7.26. The molecule has 176 valence electrons. The number of rotatable bonds is 9. The molecule has 4 rings (SSSR count). The van der Waals surface area contributed by atoms with E-state index in [9.17, 15) is 17.6 Å². The number of halogens is 1. The van der Waals surface area contributed by atoms with Crippen molar-refractivity contribution in [2.45, 2.75) is 37.2 Å². The SMILES string of the molecule is CCOc1ccc2nc(N(CC3CCCO3)C(=O)CCS(=O)(=O)c3ccc(F)cc3)sc2c1. The number of aromatic nitrogens is 1. The van der Waals surface area contributed by atoms with Gasteiger partial charge in [-0.2, -0.15) is 0 Å². The van der Waals surface area contributed by atoms with Gasteiger partial charge in [-0.05, 0) is 62.2 Å². The molecular formula is C23H25FN2O5S2. The van der Waals surface area contributed by atoms with Crippen LogP contribution in [-0.2, 0) is 19.4 Å². The first-order valence-electron chi connectivity index (χ1n) is 10.8. The summed E-state index contributed by atoms with van der Waals surface area (Å²) in [7, 11) is -3.73. The highest BCUT2D eigenvalue weighted by Crippen LogP contribution is 2.33. The minimum Gasteiger partial charge on any atom is -0.494 e. The van der Waals surface area contributed by atoms with E-state index in [1.54, 1.807) is 0 Å². The number of carbonyl (C=O) groups excluding carboxylic acids is 1. The van der Waals surface area contributed by atoms with E-state index in [1.807, 2.05) is 25.1 Å². The van der Waals surface area contributed by atoms with E-state index in [0.717, 1.165) is 40.9 Å². The first-order valence-corrected chi connectivity index (χ1v) is 13.3. The molecule has 3 aromatic rings. The number of thiazole rings is 1. The Hall–Kier alpha value is -2.56. The van der Waals surface area contributed by atoms with Crippen LogP contribution in [0.1, 0.15) is 26.2 Å². The second-order valence-corrected chi connectivity index (χ2v) is 10.8. The van der Waals surface area contributed by atoms with E-state index in [4.69, 9.17) is 9.47 Å². The molecule has 1 saturated heterocycles. The predicted octanol–water partition coefficient (Wildman–Crippen LogP) is 4.21. The number of amides is 1. The van der Waals surface area contributed by atoms with Gasteiger partial charge in [-0.1, -0.05) is 11.3 Å². The van der Waals surface area contributed by atoms with E-state index in [-0.39, 0.29) is 29.1 Å². The number of fused-ring (bicyclic) bond motifs is 1. The van der Waals surface area contributed by atoms with Gasteiger partial charge < -0.3 is 9.47 Å². The molecule has 0 radical (unpaired) electrons. The van der Waals surface area contributed by atoms with E-state index in [2.05, 4.69) is 4.98 Å². The fraction of sp³-hybridized carbons (Fsp3) is 0.391. The van der Waals surface area contributed by atoms with Crippen LogP contribution in [0.25, 0.3) is 10.2 Å². The number of sulfone groups is 1. The lowest BCUT2D eigenvalue weighted by Crippen LogP contribution is -2.38. The molecule has 0 saturated carbocycles. The van der Waals surface area contributed by atoms with Crippen LogP contribution < -0.4 is 9.64 Å². The van der Waals surface area contributed by atoms with Crippen LogP contribution in [0.4, 0.5) is 9.52 Å². The van der Waals surface area contributed by atoms with Crippen molar-refractivity contribution in [3.63, 3.8) is 0 Å². The summed E-state index contributed by atoms with van der Waals surface area (Å²) >= 11 is 1.36. The van der Waals surface area contributed by atoms with Crippen LogP contribution in [0.2, 0.25) is 0 Å². The topological polar surface area (TPSA) is 85.8 Å². The zero-order chi connectivity index (χ0) is 23.4. The number of ether oxygens (including phenoxy) is 2.